The van der Waals surface area contributed by atoms with Gasteiger partial charge in [0.2, 0.25) is 5.91 Å². The molecule has 1 aromatic carbocycles. The molecule has 88 valence electrons. The summed E-state index contributed by atoms with van der Waals surface area (Å²) in [6, 6.07) is 6.31. The standard InChI is InChI=1S/C12H18N2O2/c1-3-12(13,4-2)11(16)14-9-5-7-10(15)8-6-9/h5-8,15H,3-4,13H2,1-2H3,(H,14,16). The van der Waals surface area contributed by atoms with E-state index >= 15 is 0 Å². The van der Waals surface area contributed by atoms with E-state index in [1.165, 1.54) is 12.1 Å². The SMILES string of the molecule is CCC(N)(CC)C(=O)Nc1ccc(O)cc1. The molecule has 0 aromatic heterocycles. The van der Waals surface area contributed by atoms with Crippen LogP contribution in [-0.2, 0) is 4.79 Å². The minimum atomic E-state index is -0.822. The molecule has 0 spiro atoms. The molecular formula is C12H18N2O2. The van der Waals surface area contributed by atoms with Crippen LogP contribution < -0.4 is 11.1 Å². The maximum Gasteiger partial charge on any atom is 0.244 e. The maximum absolute atomic E-state index is 11.9. The van der Waals surface area contributed by atoms with Gasteiger partial charge >= 0.3 is 0 Å². The van der Waals surface area contributed by atoms with Crippen LogP contribution in [0.5, 0.6) is 5.75 Å². The van der Waals surface area contributed by atoms with Crippen LogP contribution in [0.2, 0.25) is 0 Å². The van der Waals surface area contributed by atoms with E-state index in [1.54, 1.807) is 12.1 Å². The zero-order valence-corrected chi connectivity index (χ0v) is 9.66. The first-order valence-electron chi connectivity index (χ1n) is 5.41. The van der Waals surface area contributed by atoms with Gasteiger partial charge in [0, 0.05) is 5.69 Å². The summed E-state index contributed by atoms with van der Waals surface area (Å²) >= 11 is 0. The molecule has 4 heteroatoms. The van der Waals surface area contributed by atoms with Gasteiger partial charge in [0.15, 0.2) is 0 Å². The molecule has 0 aliphatic rings. The molecule has 0 aliphatic carbocycles. The Bertz CT molecular complexity index is 356. The van der Waals surface area contributed by atoms with Crippen LogP contribution in [0.15, 0.2) is 24.3 Å². The summed E-state index contributed by atoms with van der Waals surface area (Å²) in [7, 11) is 0. The van der Waals surface area contributed by atoms with Gasteiger partial charge in [-0.25, -0.2) is 0 Å². The number of benzene rings is 1. The van der Waals surface area contributed by atoms with Crippen molar-refractivity contribution in [2.75, 3.05) is 5.32 Å². The van der Waals surface area contributed by atoms with Crippen LogP contribution in [0.25, 0.3) is 0 Å². The van der Waals surface area contributed by atoms with Gasteiger partial charge in [-0.15, -0.1) is 0 Å². The highest BCUT2D eigenvalue weighted by atomic mass is 16.3. The van der Waals surface area contributed by atoms with Gasteiger partial charge in [0.1, 0.15) is 5.75 Å². The molecule has 16 heavy (non-hydrogen) atoms. The van der Waals surface area contributed by atoms with Crippen molar-refractivity contribution in [1.82, 2.24) is 0 Å². The monoisotopic (exact) mass is 222 g/mol. The molecule has 0 unspecified atom stereocenters. The molecular weight excluding hydrogens is 204 g/mol. The average Bonchev–Trinajstić information content (AvgIpc) is 2.31. The third-order valence-electron chi connectivity index (χ3n) is 2.84. The molecule has 0 radical (unpaired) electrons. The van der Waals surface area contributed by atoms with Crippen molar-refractivity contribution < 1.29 is 9.90 Å². The van der Waals surface area contributed by atoms with Crippen molar-refractivity contribution in [2.24, 2.45) is 5.73 Å². The van der Waals surface area contributed by atoms with Crippen LogP contribution >= 0.6 is 0 Å². The highest BCUT2D eigenvalue weighted by Crippen LogP contribution is 2.17. The van der Waals surface area contributed by atoms with Crippen LogP contribution in [-0.4, -0.2) is 16.6 Å². The van der Waals surface area contributed by atoms with E-state index in [-0.39, 0.29) is 11.7 Å². The van der Waals surface area contributed by atoms with Gasteiger partial charge in [0.05, 0.1) is 5.54 Å². The molecule has 0 heterocycles. The number of hydrogen-bond donors (Lipinski definition) is 3. The topological polar surface area (TPSA) is 75.4 Å². The second-order valence-corrected chi connectivity index (χ2v) is 3.86. The molecule has 0 saturated carbocycles. The summed E-state index contributed by atoms with van der Waals surface area (Å²) in [5.74, 6) is -0.0221. The third kappa shape index (κ3) is 2.73. The fraction of sp³-hybridized carbons (Fsp3) is 0.417. The van der Waals surface area contributed by atoms with Crippen molar-refractivity contribution in [1.29, 1.82) is 0 Å². The molecule has 0 bridgehead atoms. The number of aromatic hydroxyl groups is 1. The van der Waals surface area contributed by atoms with E-state index in [4.69, 9.17) is 10.8 Å². The molecule has 4 nitrogen and oxygen atoms in total. The van der Waals surface area contributed by atoms with Gasteiger partial charge in [-0.3, -0.25) is 4.79 Å². The molecule has 0 fully saturated rings. The number of rotatable bonds is 4. The largest absolute Gasteiger partial charge is 0.508 e. The summed E-state index contributed by atoms with van der Waals surface area (Å²) in [4.78, 5) is 11.9. The fourth-order valence-electron chi connectivity index (χ4n) is 1.37. The molecule has 1 aromatic rings. The fourth-order valence-corrected chi connectivity index (χ4v) is 1.37. The second-order valence-electron chi connectivity index (χ2n) is 3.86. The Morgan fingerprint density at radius 3 is 2.25 bits per heavy atom. The lowest BCUT2D eigenvalue weighted by molar-refractivity contribution is -0.121. The number of nitrogens with two attached hydrogens (primary N) is 1. The van der Waals surface area contributed by atoms with E-state index in [0.29, 0.717) is 18.5 Å². The summed E-state index contributed by atoms with van der Waals surface area (Å²) in [5.41, 5.74) is 5.77. The van der Waals surface area contributed by atoms with Gasteiger partial charge in [-0.2, -0.15) is 0 Å². The Morgan fingerprint density at radius 2 is 1.81 bits per heavy atom. The Morgan fingerprint density at radius 1 is 1.31 bits per heavy atom. The lowest BCUT2D eigenvalue weighted by atomic mass is 9.93. The van der Waals surface area contributed by atoms with E-state index in [1.807, 2.05) is 13.8 Å². The van der Waals surface area contributed by atoms with Gasteiger partial charge < -0.3 is 16.2 Å². The molecule has 0 aliphatic heterocycles. The van der Waals surface area contributed by atoms with E-state index < -0.39 is 5.54 Å². The quantitative estimate of drug-likeness (QED) is 0.680. The first-order valence-corrected chi connectivity index (χ1v) is 5.41. The number of anilines is 1. The van der Waals surface area contributed by atoms with Crippen LogP contribution in [0.1, 0.15) is 26.7 Å². The molecule has 1 rings (SSSR count). The van der Waals surface area contributed by atoms with Crippen molar-refractivity contribution in [2.45, 2.75) is 32.2 Å². The van der Waals surface area contributed by atoms with Crippen molar-refractivity contribution in [3.63, 3.8) is 0 Å². The number of carbonyl (C=O) groups excluding carboxylic acids is 1. The van der Waals surface area contributed by atoms with Crippen LogP contribution in [0.3, 0.4) is 0 Å². The number of nitrogens with one attached hydrogen (secondary N) is 1. The molecule has 0 atom stereocenters. The smallest absolute Gasteiger partial charge is 0.244 e. The highest BCUT2D eigenvalue weighted by Gasteiger charge is 2.29. The Balaban J connectivity index is 2.74. The molecule has 4 N–H and O–H groups in total. The minimum absolute atomic E-state index is 0.169. The van der Waals surface area contributed by atoms with E-state index in [9.17, 15) is 4.79 Å². The van der Waals surface area contributed by atoms with Gasteiger partial charge in [-0.1, -0.05) is 13.8 Å². The van der Waals surface area contributed by atoms with E-state index in [0.717, 1.165) is 0 Å². The first-order chi connectivity index (χ1) is 7.51. The number of phenols is 1. The van der Waals surface area contributed by atoms with Crippen molar-refractivity contribution in [3.05, 3.63) is 24.3 Å². The van der Waals surface area contributed by atoms with Crippen LogP contribution in [0, 0.1) is 0 Å². The normalized spacial score (nSPS) is 11.2. The first kappa shape index (κ1) is 12.5. The zero-order valence-electron chi connectivity index (χ0n) is 9.66. The maximum atomic E-state index is 11.9. The number of phenolic OH excluding ortho intramolecular Hbond substituents is 1. The van der Waals surface area contributed by atoms with Gasteiger partial charge in [-0.05, 0) is 37.1 Å². The summed E-state index contributed by atoms with van der Waals surface area (Å²) in [6.45, 7) is 3.78. The zero-order chi connectivity index (χ0) is 12.2. The number of carbonyl (C=O) groups is 1. The third-order valence-corrected chi connectivity index (χ3v) is 2.84. The highest BCUT2D eigenvalue weighted by molar-refractivity contribution is 5.97. The molecule has 1 amide bonds. The van der Waals surface area contributed by atoms with Crippen LogP contribution in [0.4, 0.5) is 5.69 Å². The predicted octanol–water partition coefficient (Wildman–Crippen LogP) is 1.85. The van der Waals surface area contributed by atoms with Crippen molar-refractivity contribution >= 4 is 11.6 Å². The lowest BCUT2D eigenvalue weighted by Gasteiger charge is -2.25. The lowest BCUT2D eigenvalue weighted by Crippen LogP contribution is -2.50. The Labute approximate surface area is 95.5 Å². The Kier molecular flexibility index (Phi) is 3.90. The van der Waals surface area contributed by atoms with Crippen molar-refractivity contribution in [3.8, 4) is 5.75 Å². The molecule has 0 saturated heterocycles. The number of hydrogen-bond acceptors (Lipinski definition) is 3. The summed E-state index contributed by atoms with van der Waals surface area (Å²) < 4.78 is 0. The second kappa shape index (κ2) is 4.99. The Hall–Kier alpha value is -1.55. The summed E-state index contributed by atoms with van der Waals surface area (Å²) in [6.07, 6.45) is 1.18. The van der Waals surface area contributed by atoms with E-state index in [2.05, 4.69) is 5.32 Å². The average molecular weight is 222 g/mol. The van der Waals surface area contributed by atoms with Gasteiger partial charge in [0.25, 0.3) is 0 Å². The minimum Gasteiger partial charge on any atom is -0.508 e. The number of amides is 1. The summed E-state index contributed by atoms with van der Waals surface area (Å²) in [5, 5.41) is 11.8. The predicted molar refractivity (Wildman–Crippen MR) is 64.2 cm³/mol.